The van der Waals surface area contributed by atoms with Crippen molar-refractivity contribution in [3.63, 3.8) is 0 Å². The van der Waals surface area contributed by atoms with Crippen molar-refractivity contribution in [3.05, 3.63) is 0 Å². The van der Waals surface area contributed by atoms with Gasteiger partial charge >= 0.3 is 0 Å². The second-order valence-electron chi connectivity index (χ2n) is 4.45. The van der Waals surface area contributed by atoms with Gasteiger partial charge < -0.3 is 10.2 Å². The summed E-state index contributed by atoms with van der Waals surface area (Å²) in [5, 5.41) is 4.26. The van der Waals surface area contributed by atoms with E-state index >= 15 is 0 Å². The molecule has 1 rings (SSSR count). The molecular formula is C11H24N2S. The van der Waals surface area contributed by atoms with Crippen molar-refractivity contribution in [2.75, 3.05) is 32.9 Å². The van der Waals surface area contributed by atoms with Crippen LogP contribution in [-0.2, 0) is 0 Å². The summed E-state index contributed by atoms with van der Waals surface area (Å²) in [7, 11) is 2.27. The van der Waals surface area contributed by atoms with E-state index in [0.29, 0.717) is 0 Å². The number of nitrogens with one attached hydrogen (secondary N) is 1. The van der Waals surface area contributed by atoms with Crippen molar-refractivity contribution in [2.24, 2.45) is 5.92 Å². The first-order valence-electron chi connectivity index (χ1n) is 5.62. The molecule has 0 aliphatic carbocycles. The van der Waals surface area contributed by atoms with E-state index in [0.717, 1.165) is 17.2 Å². The molecule has 3 atom stereocenters. The van der Waals surface area contributed by atoms with E-state index in [2.05, 4.69) is 37.4 Å². The lowest BCUT2D eigenvalue weighted by molar-refractivity contribution is 0.225. The number of hydrogen-bond donors (Lipinski definition) is 1. The van der Waals surface area contributed by atoms with E-state index in [1.54, 1.807) is 0 Å². The zero-order chi connectivity index (χ0) is 10.6. The van der Waals surface area contributed by atoms with Crippen LogP contribution in [0.1, 0.15) is 20.3 Å². The number of hydrogen-bond acceptors (Lipinski definition) is 3. The van der Waals surface area contributed by atoms with E-state index in [-0.39, 0.29) is 0 Å². The van der Waals surface area contributed by atoms with Crippen LogP contribution in [-0.4, -0.2) is 49.1 Å². The predicted octanol–water partition coefficient (Wildman–Crippen LogP) is 1.67. The molecule has 1 aliphatic rings. The van der Waals surface area contributed by atoms with Gasteiger partial charge in [0, 0.05) is 30.9 Å². The zero-order valence-electron chi connectivity index (χ0n) is 9.92. The average Bonchev–Trinajstić information content (AvgIpc) is 2.65. The Morgan fingerprint density at radius 1 is 1.50 bits per heavy atom. The maximum Gasteiger partial charge on any atom is 0.0348 e. The SMILES string of the molecule is CCC(C)CN(C)C1CNCC1SC. The predicted molar refractivity (Wildman–Crippen MR) is 66.0 cm³/mol. The first-order chi connectivity index (χ1) is 6.69. The zero-order valence-corrected chi connectivity index (χ0v) is 10.7. The van der Waals surface area contributed by atoms with Gasteiger partial charge in [0.05, 0.1) is 0 Å². The van der Waals surface area contributed by atoms with Crippen molar-refractivity contribution in [1.29, 1.82) is 0 Å². The van der Waals surface area contributed by atoms with Crippen LogP contribution in [0.3, 0.4) is 0 Å². The second kappa shape index (κ2) is 5.99. The van der Waals surface area contributed by atoms with Gasteiger partial charge in [0.15, 0.2) is 0 Å². The largest absolute Gasteiger partial charge is 0.314 e. The third-order valence-electron chi connectivity index (χ3n) is 3.29. The second-order valence-corrected chi connectivity index (χ2v) is 5.53. The van der Waals surface area contributed by atoms with E-state index in [4.69, 9.17) is 0 Å². The van der Waals surface area contributed by atoms with Crippen LogP contribution in [0.2, 0.25) is 0 Å². The summed E-state index contributed by atoms with van der Waals surface area (Å²) in [6.45, 7) is 8.19. The molecule has 1 N–H and O–H groups in total. The molecular weight excluding hydrogens is 192 g/mol. The molecule has 0 aromatic rings. The third-order valence-corrected chi connectivity index (χ3v) is 4.38. The summed E-state index contributed by atoms with van der Waals surface area (Å²) in [5.41, 5.74) is 0. The Kier molecular flexibility index (Phi) is 5.28. The molecule has 84 valence electrons. The van der Waals surface area contributed by atoms with Crippen LogP contribution in [0.5, 0.6) is 0 Å². The molecule has 1 saturated heterocycles. The number of thioether (sulfide) groups is 1. The van der Waals surface area contributed by atoms with Crippen LogP contribution in [0, 0.1) is 5.92 Å². The van der Waals surface area contributed by atoms with Gasteiger partial charge in [-0.1, -0.05) is 20.3 Å². The Morgan fingerprint density at radius 3 is 2.79 bits per heavy atom. The molecule has 2 nitrogen and oxygen atoms in total. The summed E-state index contributed by atoms with van der Waals surface area (Å²) in [6.07, 6.45) is 3.51. The summed E-state index contributed by atoms with van der Waals surface area (Å²) in [6, 6.07) is 0.735. The summed E-state index contributed by atoms with van der Waals surface area (Å²) < 4.78 is 0. The summed E-state index contributed by atoms with van der Waals surface area (Å²) in [5.74, 6) is 0.822. The number of rotatable bonds is 5. The van der Waals surface area contributed by atoms with E-state index in [1.807, 2.05) is 11.8 Å². The lowest BCUT2D eigenvalue weighted by Gasteiger charge is -2.29. The summed E-state index contributed by atoms with van der Waals surface area (Å²) in [4.78, 5) is 2.54. The Bertz CT molecular complexity index is 163. The molecule has 0 radical (unpaired) electrons. The smallest absolute Gasteiger partial charge is 0.0348 e. The minimum atomic E-state index is 0.735. The standard InChI is InChI=1S/C11H24N2S/c1-5-9(2)8-13(3)10-6-12-7-11(10)14-4/h9-12H,5-8H2,1-4H3. The van der Waals surface area contributed by atoms with Gasteiger partial charge in [-0.15, -0.1) is 0 Å². The van der Waals surface area contributed by atoms with Gasteiger partial charge in [0.1, 0.15) is 0 Å². The van der Waals surface area contributed by atoms with Gasteiger partial charge in [-0.05, 0) is 19.2 Å². The highest BCUT2D eigenvalue weighted by molar-refractivity contribution is 7.99. The van der Waals surface area contributed by atoms with Crippen LogP contribution in [0.4, 0.5) is 0 Å². The number of nitrogens with zero attached hydrogens (tertiary/aromatic N) is 1. The highest BCUT2D eigenvalue weighted by Crippen LogP contribution is 2.20. The Hall–Kier alpha value is 0.270. The molecule has 0 bridgehead atoms. The third kappa shape index (κ3) is 3.14. The molecule has 0 aromatic heterocycles. The molecule has 1 aliphatic heterocycles. The highest BCUT2D eigenvalue weighted by atomic mass is 32.2. The quantitative estimate of drug-likeness (QED) is 0.752. The monoisotopic (exact) mass is 216 g/mol. The molecule has 14 heavy (non-hydrogen) atoms. The molecule has 1 fully saturated rings. The molecule has 0 saturated carbocycles. The van der Waals surface area contributed by atoms with E-state index in [9.17, 15) is 0 Å². The van der Waals surface area contributed by atoms with Crippen molar-refractivity contribution in [3.8, 4) is 0 Å². The van der Waals surface area contributed by atoms with Crippen LogP contribution in [0.25, 0.3) is 0 Å². The van der Waals surface area contributed by atoms with Gasteiger partial charge in [-0.2, -0.15) is 11.8 Å². The van der Waals surface area contributed by atoms with Crippen LogP contribution >= 0.6 is 11.8 Å². The minimum Gasteiger partial charge on any atom is -0.314 e. The molecule has 1 heterocycles. The maximum atomic E-state index is 3.48. The van der Waals surface area contributed by atoms with Gasteiger partial charge in [-0.25, -0.2) is 0 Å². The Labute approximate surface area is 92.8 Å². The lowest BCUT2D eigenvalue weighted by atomic mass is 10.1. The minimum absolute atomic E-state index is 0.735. The van der Waals surface area contributed by atoms with Gasteiger partial charge in [0.2, 0.25) is 0 Å². The molecule has 0 amide bonds. The van der Waals surface area contributed by atoms with Crippen LogP contribution in [0.15, 0.2) is 0 Å². The van der Waals surface area contributed by atoms with Gasteiger partial charge in [-0.3, -0.25) is 0 Å². The number of likely N-dealkylation sites (N-methyl/N-ethyl adjacent to an activating group) is 1. The first-order valence-corrected chi connectivity index (χ1v) is 6.91. The fraction of sp³-hybridized carbons (Fsp3) is 1.00. The normalized spacial score (nSPS) is 29.8. The first kappa shape index (κ1) is 12.3. The van der Waals surface area contributed by atoms with Crippen molar-refractivity contribution >= 4 is 11.8 Å². The van der Waals surface area contributed by atoms with E-state index < -0.39 is 0 Å². The topological polar surface area (TPSA) is 15.3 Å². The average molecular weight is 216 g/mol. The lowest BCUT2D eigenvalue weighted by Crippen LogP contribution is -2.41. The molecule has 3 heteroatoms. The Balaban J connectivity index is 2.38. The van der Waals surface area contributed by atoms with Crippen molar-refractivity contribution in [1.82, 2.24) is 10.2 Å². The molecule has 0 aromatic carbocycles. The van der Waals surface area contributed by atoms with Crippen molar-refractivity contribution in [2.45, 2.75) is 31.6 Å². The fourth-order valence-electron chi connectivity index (χ4n) is 2.08. The fourth-order valence-corrected chi connectivity index (χ4v) is 2.98. The molecule has 0 spiro atoms. The van der Waals surface area contributed by atoms with E-state index in [1.165, 1.54) is 26.1 Å². The van der Waals surface area contributed by atoms with Gasteiger partial charge in [0.25, 0.3) is 0 Å². The molecule has 3 unspecified atom stereocenters. The van der Waals surface area contributed by atoms with Crippen LogP contribution < -0.4 is 5.32 Å². The highest BCUT2D eigenvalue weighted by Gasteiger charge is 2.29. The summed E-state index contributed by atoms with van der Waals surface area (Å²) >= 11 is 2.00. The Morgan fingerprint density at radius 2 is 2.21 bits per heavy atom. The van der Waals surface area contributed by atoms with Crippen molar-refractivity contribution < 1.29 is 0 Å². The maximum absolute atomic E-state index is 3.48.